The maximum absolute atomic E-state index is 13.6. The van der Waals surface area contributed by atoms with Gasteiger partial charge in [-0.05, 0) is 47.1 Å². The lowest BCUT2D eigenvalue weighted by Crippen LogP contribution is -2.31. The van der Waals surface area contributed by atoms with Crippen LogP contribution in [0.1, 0.15) is 60.4 Å². The second kappa shape index (κ2) is 6.59. The van der Waals surface area contributed by atoms with Crippen molar-refractivity contribution in [3.8, 4) is 0 Å². The monoisotopic (exact) mass is 391 g/mol. The van der Waals surface area contributed by atoms with Crippen LogP contribution in [0.3, 0.4) is 0 Å². The number of hydrogen-bond donors (Lipinski definition) is 1. The zero-order valence-corrected chi connectivity index (χ0v) is 15.9. The summed E-state index contributed by atoms with van der Waals surface area (Å²) in [7, 11) is 0. The molecule has 1 aliphatic carbocycles. The molecule has 0 saturated heterocycles. The van der Waals surface area contributed by atoms with Gasteiger partial charge in [0.15, 0.2) is 0 Å². The van der Waals surface area contributed by atoms with E-state index in [0.29, 0.717) is 16.6 Å². The lowest BCUT2D eigenvalue weighted by Gasteiger charge is -2.39. The van der Waals surface area contributed by atoms with E-state index in [1.54, 1.807) is 0 Å². The molecule has 1 N–H and O–H groups in total. The first-order valence-corrected chi connectivity index (χ1v) is 9.58. The zero-order chi connectivity index (χ0) is 19.3. The average Bonchev–Trinajstić information content (AvgIpc) is 3.10. The van der Waals surface area contributed by atoms with E-state index in [-0.39, 0.29) is 23.4 Å². The molecule has 1 heterocycles. The van der Waals surface area contributed by atoms with Gasteiger partial charge >= 0.3 is 6.18 Å². The van der Waals surface area contributed by atoms with Crippen molar-refractivity contribution in [2.45, 2.75) is 44.3 Å². The van der Waals surface area contributed by atoms with Crippen LogP contribution in [0.2, 0.25) is 5.02 Å². The highest BCUT2D eigenvalue weighted by Crippen LogP contribution is 2.54. The first-order chi connectivity index (χ1) is 12.8. The van der Waals surface area contributed by atoms with E-state index in [2.05, 4.69) is 43.4 Å². The van der Waals surface area contributed by atoms with E-state index in [1.807, 2.05) is 12.2 Å². The fourth-order valence-electron chi connectivity index (χ4n) is 4.34. The number of hydrogen-bond acceptors (Lipinski definition) is 1. The molecule has 0 unspecified atom stereocenters. The predicted molar refractivity (Wildman–Crippen MR) is 103 cm³/mol. The topological polar surface area (TPSA) is 12.0 Å². The lowest BCUT2D eigenvalue weighted by atomic mass is 9.75. The van der Waals surface area contributed by atoms with Crippen LogP contribution in [-0.2, 0) is 6.18 Å². The van der Waals surface area contributed by atoms with Gasteiger partial charge in [-0.25, -0.2) is 0 Å². The highest BCUT2D eigenvalue weighted by Gasteiger charge is 2.44. The number of rotatable bonds is 2. The van der Waals surface area contributed by atoms with Crippen molar-refractivity contribution in [2.75, 3.05) is 5.32 Å². The van der Waals surface area contributed by atoms with Crippen LogP contribution in [0.25, 0.3) is 0 Å². The highest BCUT2D eigenvalue weighted by atomic mass is 35.5. The van der Waals surface area contributed by atoms with Crippen molar-refractivity contribution in [3.63, 3.8) is 0 Å². The summed E-state index contributed by atoms with van der Waals surface area (Å²) in [5.41, 5.74) is 2.43. The smallest absolute Gasteiger partial charge is 0.376 e. The van der Waals surface area contributed by atoms with E-state index in [4.69, 9.17) is 11.6 Å². The average molecular weight is 392 g/mol. The van der Waals surface area contributed by atoms with Gasteiger partial charge in [-0.15, -0.1) is 0 Å². The molecule has 0 amide bonds. The molecule has 0 saturated carbocycles. The molecule has 0 radical (unpaired) electrons. The summed E-state index contributed by atoms with van der Waals surface area (Å²) in [4.78, 5) is 0. The summed E-state index contributed by atoms with van der Waals surface area (Å²) in [6.07, 6.45) is 0.245. The third-order valence-electron chi connectivity index (χ3n) is 5.74. The fraction of sp³-hybridized carbons (Fsp3) is 0.364. The van der Waals surface area contributed by atoms with Gasteiger partial charge in [0, 0.05) is 5.92 Å². The number of benzene rings is 2. The third kappa shape index (κ3) is 3.14. The van der Waals surface area contributed by atoms with Crippen LogP contribution < -0.4 is 5.32 Å². The quantitative estimate of drug-likeness (QED) is 0.529. The van der Waals surface area contributed by atoms with E-state index >= 15 is 0 Å². The van der Waals surface area contributed by atoms with Gasteiger partial charge in [0.05, 0.1) is 22.3 Å². The maximum Gasteiger partial charge on any atom is 0.416 e. The molecule has 0 aromatic heterocycles. The highest BCUT2D eigenvalue weighted by molar-refractivity contribution is 6.33. The van der Waals surface area contributed by atoms with Gasteiger partial charge in [0.1, 0.15) is 0 Å². The van der Waals surface area contributed by atoms with Crippen molar-refractivity contribution in [2.24, 2.45) is 5.92 Å². The van der Waals surface area contributed by atoms with Gasteiger partial charge in [0.2, 0.25) is 0 Å². The van der Waals surface area contributed by atoms with Gasteiger partial charge in [0.25, 0.3) is 0 Å². The van der Waals surface area contributed by atoms with E-state index in [1.165, 1.54) is 11.6 Å². The van der Waals surface area contributed by atoms with Crippen LogP contribution in [0.15, 0.2) is 48.6 Å². The summed E-state index contributed by atoms with van der Waals surface area (Å²) >= 11 is 6.32. The maximum atomic E-state index is 13.6. The molecule has 0 fully saturated rings. The molecular weight excluding hydrogens is 371 g/mol. The van der Waals surface area contributed by atoms with Crippen molar-refractivity contribution in [1.82, 2.24) is 0 Å². The number of alkyl halides is 3. The summed E-state index contributed by atoms with van der Waals surface area (Å²) < 4.78 is 40.8. The molecule has 4 rings (SSSR count). The van der Waals surface area contributed by atoms with Gasteiger partial charge < -0.3 is 5.32 Å². The largest absolute Gasteiger partial charge is 0.416 e. The zero-order valence-electron chi connectivity index (χ0n) is 15.1. The first kappa shape index (κ1) is 18.4. The molecule has 1 nitrogen and oxygen atoms in total. The molecule has 5 heteroatoms. The minimum absolute atomic E-state index is 0.0435. The molecule has 2 aliphatic rings. The Morgan fingerprint density at radius 2 is 1.78 bits per heavy atom. The number of halogens is 4. The predicted octanol–water partition coefficient (Wildman–Crippen LogP) is 7.31. The molecule has 27 heavy (non-hydrogen) atoms. The van der Waals surface area contributed by atoms with Gasteiger partial charge in [-0.2, -0.15) is 13.2 Å². The first-order valence-electron chi connectivity index (χ1n) is 9.20. The van der Waals surface area contributed by atoms with Crippen molar-refractivity contribution in [3.05, 3.63) is 75.8 Å². The molecule has 142 valence electrons. The van der Waals surface area contributed by atoms with Crippen LogP contribution in [0.4, 0.5) is 18.9 Å². The summed E-state index contributed by atoms with van der Waals surface area (Å²) in [5.74, 6) is 0.192. The molecule has 2 aromatic carbocycles. The number of nitrogens with one attached hydrogen (secondary N) is 1. The van der Waals surface area contributed by atoms with Crippen LogP contribution >= 0.6 is 11.6 Å². The Morgan fingerprint density at radius 3 is 2.41 bits per heavy atom. The standard InChI is InChI=1S/C22H21ClF3N/c1-12(2)13-6-8-14(9-7-13)20-16-5-3-4-15(16)19-17(22(24,25)26)10-11-18(23)21(19)27-20/h3-4,6-12,15-16,20,27H,5H2,1-2H3/t15-,16-,20+/m1/s1. The Hall–Kier alpha value is -1.94. The number of anilines is 1. The molecule has 0 spiro atoms. The van der Waals surface area contributed by atoms with Crippen molar-refractivity contribution < 1.29 is 13.2 Å². The van der Waals surface area contributed by atoms with Crippen LogP contribution in [-0.4, -0.2) is 0 Å². The molecule has 2 aromatic rings. The third-order valence-corrected chi connectivity index (χ3v) is 6.05. The fourth-order valence-corrected chi connectivity index (χ4v) is 4.56. The summed E-state index contributed by atoms with van der Waals surface area (Å²) in [5, 5.41) is 3.68. The molecule has 1 aliphatic heterocycles. The van der Waals surface area contributed by atoms with E-state index in [9.17, 15) is 13.2 Å². The van der Waals surface area contributed by atoms with Crippen molar-refractivity contribution >= 4 is 17.3 Å². The van der Waals surface area contributed by atoms with Gasteiger partial charge in [-0.1, -0.05) is 61.9 Å². The SMILES string of the molecule is CC(C)c1ccc([C@@H]2Nc3c(Cl)ccc(C(F)(F)F)c3[C@@H]3C=CC[C@H]32)cc1. The van der Waals surface area contributed by atoms with E-state index < -0.39 is 11.7 Å². The minimum atomic E-state index is -4.40. The van der Waals surface area contributed by atoms with Crippen molar-refractivity contribution in [1.29, 1.82) is 0 Å². The number of allylic oxidation sites excluding steroid dienone is 2. The summed E-state index contributed by atoms with van der Waals surface area (Å²) in [6, 6.07) is 10.7. The molecule has 0 bridgehead atoms. The Morgan fingerprint density at radius 1 is 1.07 bits per heavy atom. The second-order valence-corrected chi connectivity index (χ2v) is 8.09. The normalized spacial score (nSPS) is 23.9. The number of fused-ring (bicyclic) bond motifs is 3. The Labute approximate surface area is 162 Å². The minimum Gasteiger partial charge on any atom is -0.376 e. The molecular formula is C22H21ClF3N. The Balaban J connectivity index is 1.81. The summed E-state index contributed by atoms with van der Waals surface area (Å²) in [6.45, 7) is 4.28. The van der Waals surface area contributed by atoms with Crippen LogP contribution in [0.5, 0.6) is 0 Å². The van der Waals surface area contributed by atoms with Crippen LogP contribution in [0, 0.1) is 5.92 Å². The van der Waals surface area contributed by atoms with E-state index in [0.717, 1.165) is 18.1 Å². The molecule has 3 atom stereocenters. The second-order valence-electron chi connectivity index (χ2n) is 7.68. The Bertz CT molecular complexity index is 884. The Kier molecular flexibility index (Phi) is 4.50. The van der Waals surface area contributed by atoms with Gasteiger partial charge in [-0.3, -0.25) is 0 Å². The lowest BCUT2D eigenvalue weighted by molar-refractivity contribution is -0.138.